The van der Waals surface area contributed by atoms with E-state index in [9.17, 15) is 9.59 Å². The number of amides is 2. The molecule has 2 amide bonds. The molecule has 2 aliphatic heterocycles. The molecule has 0 aliphatic carbocycles. The van der Waals surface area contributed by atoms with Crippen LogP contribution in [0, 0.1) is 5.92 Å². The minimum absolute atomic E-state index is 0.0693. The second kappa shape index (κ2) is 6.89. The second-order valence-electron chi connectivity index (χ2n) is 6.06. The first-order valence-corrected chi connectivity index (χ1v) is 8.08. The third-order valence-corrected chi connectivity index (χ3v) is 4.28. The summed E-state index contributed by atoms with van der Waals surface area (Å²) in [4.78, 5) is 26.2. The molecule has 1 unspecified atom stereocenters. The Kier molecular flexibility index (Phi) is 4.69. The fourth-order valence-corrected chi connectivity index (χ4v) is 3.03. The number of anilines is 1. The number of ether oxygens (including phenoxy) is 2. The normalized spacial score (nSPS) is 20.8. The lowest BCUT2D eigenvalue weighted by Crippen LogP contribution is -2.33. The molecular formula is C17H22N2O4. The zero-order chi connectivity index (χ0) is 16.2. The van der Waals surface area contributed by atoms with E-state index in [4.69, 9.17) is 9.47 Å². The van der Waals surface area contributed by atoms with Crippen molar-refractivity contribution in [1.82, 2.24) is 4.90 Å². The van der Waals surface area contributed by atoms with Crippen LogP contribution in [0.4, 0.5) is 5.69 Å². The molecule has 0 bridgehead atoms. The molecule has 0 saturated carbocycles. The van der Waals surface area contributed by atoms with E-state index in [1.165, 1.54) is 0 Å². The summed E-state index contributed by atoms with van der Waals surface area (Å²) in [6.07, 6.45) is 2.98. The SMILES string of the molecule is CN1CCCCC(CC(=O)Nc2ccc3c(c2)OCCO3)C1=O. The monoisotopic (exact) mass is 318 g/mol. The summed E-state index contributed by atoms with van der Waals surface area (Å²) in [6.45, 7) is 1.82. The summed E-state index contributed by atoms with van der Waals surface area (Å²) in [5, 5.41) is 2.85. The number of carbonyl (C=O) groups excluding carboxylic acids is 2. The Labute approximate surface area is 135 Å². The second-order valence-corrected chi connectivity index (χ2v) is 6.06. The minimum Gasteiger partial charge on any atom is -0.486 e. The van der Waals surface area contributed by atoms with Crippen molar-refractivity contribution in [3.8, 4) is 11.5 Å². The highest BCUT2D eigenvalue weighted by atomic mass is 16.6. The molecule has 1 aromatic rings. The highest BCUT2D eigenvalue weighted by Crippen LogP contribution is 2.32. The van der Waals surface area contributed by atoms with Crippen LogP contribution in [0.5, 0.6) is 11.5 Å². The van der Waals surface area contributed by atoms with Gasteiger partial charge in [0, 0.05) is 37.7 Å². The Bertz CT molecular complexity index is 602. The van der Waals surface area contributed by atoms with Gasteiger partial charge in [0.2, 0.25) is 11.8 Å². The van der Waals surface area contributed by atoms with Gasteiger partial charge in [-0.1, -0.05) is 6.42 Å². The van der Waals surface area contributed by atoms with Gasteiger partial charge in [-0.05, 0) is 25.0 Å². The average Bonchev–Trinajstić information content (AvgIpc) is 2.70. The van der Waals surface area contributed by atoms with E-state index in [2.05, 4.69) is 5.32 Å². The van der Waals surface area contributed by atoms with E-state index < -0.39 is 0 Å². The summed E-state index contributed by atoms with van der Waals surface area (Å²) in [5.74, 6) is 1.03. The van der Waals surface area contributed by atoms with Crippen LogP contribution in [-0.2, 0) is 9.59 Å². The van der Waals surface area contributed by atoms with Gasteiger partial charge in [0.25, 0.3) is 0 Å². The molecule has 6 nitrogen and oxygen atoms in total. The zero-order valence-electron chi connectivity index (χ0n) is 13.3. The Balaban J connectivity index is 1.61. The standard InChI is InChI=1S/C17H22N2O4/c1-19-7-3-2-4-12(17(19)21)10-16(20)18-13-5-6-14-15(11-13)23-9-8-22-14/h5-6,11-12H,2-4,7-10H2,1H3,(H,18,20). The summed E-state index contributed by atoms with van der Waals surface area (Å²) in [5.41, 5.74) is 0.661. The number of hydrogen-bond acceptors (Lipinski definition) is 4. The van der Waals surface area contributed by atoms with E-state index in [1.54, 1.807) is 30.1 Å². The van der Waals surface area contributed by atoms with Gasteiger partial charge in [-0.25, -0.2) is 0 Å². The van der Waals surface area contributed by atoms with Gasteiger partial charge in [-0.2, -0.15) is 0 Å². The van der Waals surface area contributed by atoms with Crippen molar-refractivity contribution < 1.29 is 19.1 Å². The third kappa shape index (κ3) is 3.75. The van der Waals surface area contributed by atoms with Gasteiger partial charge in [0.15, 0.2) is 11.5 Å². The first-order chi connectivity index (χ1) is 11.1. The van der Waals surface area contributed by atoms with Crippen molar-refractivity contribution in [2.75, 3.05) is 32.1 Å². The van der Waals surface area contributed by atoms with Crippen LogP contribution in [0.2, 0.25) is 0 Å². The number of fused-ring (bicyclic) bond motifs is 1. The molecule has 1 aromatic carbocycles. The van der Waals surface area contributed by atoms with Crippen LogP contribution in [0.3, 0.4) is 0 Å². The fourth-order valence-electron chi connectivity index (χ4n) is 3.03. The minimum atomic E-state index is -0.222. The molecule has 1 N–H and O–H groups in total. The van der Waals surface area contributed by atoms with Gasteiger partial charge < -0.3 is 19.7 Å². The molecule has 0 aromatic heterocycles. The lowest BCUT2D eigenvalue weighted by atomic mass is 9.98. The van der Waals surface area contributed by atoms with Crippen molar-refractivity contribution in [2.24, 2.45) is 5.92 Å². The van der Waals surface area contributed by atoms with Gasteiger partial charge >= 0.3 is 0 Å². The predicted molar refractivity (Wildman–Crippen MR) is 85.7 cm³/mol. The van der Waals surface area contributed by atoms with Crippen LogP contribution in [0.15, 0.2) is 18.2 Å². The molecule has 3 rings (SSSR count). The Morgan fingerprint density at radius 3 is 2.87 bits per heavy atom. The van der Waals surface area contributed by atoms with Gasteiger partial charge in [-0.3, -0.25) is 9.59 Å². The quantitative estimate of drug-likeness (QED) is 0.926. The maximum absolute atomic E-state index is 12.3. The van der Waals surface area contributed by atoms with Gasteiger partial charge in [0.05, 0.1) is 0 Å². The molecule has 1 fully saturated rings. The molecule has 23 heavy (non-hydrogen) atoms. The van der Waals surface area contributed by atoms with Crippen molar-refractivity contribution in [3.05, 3.63) is 18.2 Å². The summed E-state index contributed by atoms with van der Waals surface area (Å²) < 4.78 is 11.0. The van der Waals surface area contributed by atoms with Crippen LogP contribution in [-0.4, -0.2) is 43.5 Å². The number of nitrogens with one attached hydrogen (secondary N) is 1. The van der Waals surface area contributed by atoms with Crippen molar-refractivity contribution in [3.63, 3.8) is 0 Å². The van der Waals surface area contributed by atoms with Crippen LogP contribution < -0.4 is 14.8 Å². The number of carbonyl (C=O) groups is 2. The van der Waals surface area contributed by atoms with E-state index >= 15 is 0 Å². The summed E-state index contributed by atoms with van der Waals surface area (Å²) in [7, 11) is 1.80. The lowest BCUT2D eigenvalue weighted by molar-refractivity contribution is -0.135. The molecule has 2 aliphatic rings. The average molecular weight is 318 g/mol. The highest BCUT2D eigenvalue weighted by molar-refractivity contribution is 5.94. The van der Waals surface area contributed by atoms with Crippen molar-refractivity contribution >= 4 is 17.5 Å². The Morgan fingerprint density at radius 2 is 2.04 bits per heavy atom. The predicted octanol–water partition coefficient (Wildman–Crippen LogP) is 2.04. The molecule has 0 spiro atoms. The molecule has 2 heterocycles. The number of hydrogen-bond donors (Lipinski definition) is 1. The molecule has 6 heteroatoms. The smallest absolute Gasteiger partial charge is 0.225 e. The van der Waals surface area contributed by atoms with Gasteiger partial charge in [0.1, 0.15) is 13.2 Å². The third-order valence-electron chi connectivity index (χ3n) is 4.28. The summed E-state index contributed by atoms with van der Waals surface area (Å²) in [6, 6.07) is 5.33. The number of likely N-dealkylation sites (tertiary alicyclic amines) is 1. The maximum atomic E-state index is 12.3. The van der Waals surface area contributed by atoms with E-state index in [0.29, 0.717) is 30.4 Å². The first-order valence-electron chi connectivity index (χ1n) is 8.08. The van der Waals surface area contributed by atoms with Gasteiger partial charge in [-0.15, -0.1) is 0 Å². The van der Waals surface area contributed by atoms with E-state index in [1.807, 2.05) is 0 Å². The largest absolute Gasteiger partial charge is 0.486 e. The number of nitrogens with zero attached hydrogens (tertiary/aromatic N) is 1. The van der Waals surface area contributed by atoms with E-state index in [-0.39, 0.29) is 24.2 Å². The molecule has 124 valence electrons. The van der Waals surface area contributed by atoms with E-state index in [0.717, 1.165) is 25.8 Å². The van der Waals surface area contributed by atoms with Crippen LogP contribution in [0.25, 0.3) is 0 Å². The topological polar surface area (TPSA) is 67.9 Å². The number of benzene rings is 1. The first kappa shape index (κ1) is 15.6. The lowest BCUT2D eigenvalue weighted by Gasteiger charge is -2.20. The van der Waals surface area contributed by atoms with Crippen molar-refractivity contribution in [2.45, 2.75) is 25.7 Å². The fraction of sp³-hybridized carbons (Fsp3) is 0.529. The highest BCUT2D eigenvalue weighted by Gasteiger charge is 2.27. The van der Waals surface area contributed by atoms with Crippen LogP contribution in [0.1, 0.15) is 25.7 Å². The molecular weight excluding hydrogens is 296 g/mol. The molecule has 0 radical (unpaired) electrons. The summed E-state index contributed by atoms with van der Waals surface area (Å²) >= 11 is 0. The number of rotatable bonds is 3. The Morgan fingerprint density at radius 1 is 1.26 bits per heavy atom. The maximum Gasteiger partial charge on any atom is 0.225 e. The molecule has 1 saturated heterocycles. The molecule has 1 atom stereocenters. The Hall–Kier alpha value is -2.24. The van der Waals surface area contributed by atoms with Crippen molar-refractivity contribution in [1.29, 1.82) is 0 Å². The van der Waals surface area contributed by atoms with Crippen LogP contribution >= 0.6 is 0 Å². The zero-order valence-corrected chi connectivity index (χ0v) is 13.3.